The molecule has 0 saturated carbocycles. The van der Waals surface area contributed by atoms with Crippen LogP contribution in [0.1, 0.15) is 42.1 Å². The van der Waals surface area contributed by atoms with Crippen molar-refractivity contribution in [3.8, 4) is 0 Å². The Hall–Kier alpha value is -1.38. The Morgan fingerprint density at radius 1 is 1.38 bits per heavy atom. The van der Waals surface area contributed by atoms with E-state index in [2.05, 4.69) is 6.92 Å². The molecule has 0 radical (unpaired) electrons. The molecule has 3 heteroatoms. The van der Waals surface area contributed by atoms with E-state index in [0.717, 1.165) is 24.8 Å². The molecular weight excluding hydrogens is 207 g/mol. The first kappa shape index (κ1) is 12.7. The normalized spacial score (nSPS) is 10.2. The molecule has 16 heavy (non-hydrogen) atoms. The van der Waals surface area contributed by atoms with Crippen molar-refractivity contribution in [3.63, 3.8) is 0 Å². The van der Waals surface area contributed by atoms with E-state index in [1.165, 1.54) is 12.1 Å². The monoisotopic (exact) mass is 224 g/mol. The smallest absolute Gasteiger partial charge is 0.341 e. The lowest BCUT2D eigenvalue weighted by atomic mass is 10.1. The zero-order valence-electron chi connectivity index (χ0n) is 9.75. The summed E-state index contributed by atoms with van der Waals surface area (Å²) in [6.07, 6.45) is 2.91. The molecule has 0 bridgehead atoms. The minimum atomic E-state index is -0.575. The van der Waals surface area contributed by atoms with Crippen LogP contribution in [-0.2, 0) is 4.74 Å². The third kappa shape index (κ3) is 3.65. The van der Waals surface area contributed by atoms with Gasteiger partial charge in [0.2, 0.25) is 0 Å². The Labute approximate surface area is 95.4 Å². The summed E-state index contributed by atoms with van der Waals surface area (Å²) in [6, 6.07) is 4.50. The fraction of sp³-hybridized carbons (Fsp3) is 0.462. The summed E-state index contributed by atoms with van der Waals surface area (Å²) in [5.41, 5.74) is 0.808. The minimum Gasteiger partial charge on any atom is -0.462 e. The van der Waals surface area contributed by atoms with Gasteiger partial charge in [-0.25, -0.2) is 9.18 Å². The number of halogens is 1. The predicted octanol–water partition coefficient (Wildman–Crippen LogP) is 3.48. The molecule has 0 saturated heterocycles. The van der Waals surface area contributed by atoms with E-state index >= 15 is 0 Å². The Bertz CT molecular complexity index is 361. The molecule has 0 aliphatic rings. The lowest BCUT2D eigenvalue weighted by molar-refractivity contribution is 0.0493. The quantitative estimate of drug-likeness (QED) is 0.565. The van der Waals surface area contributed by atoms with E-state index < -0.39 is 11.8 Å². The standard InChI is InChI=1S/C13H17FO2/c1-3-4-5-8-16-13(15)11-7-6-10(2)9-12(11)14/h6-7,9H,3-5,8H2,1-2H3. The second-order valence-electron chi connectivity index (χ2n) is 3.83. The summed E-state index contributed by atoms with van der Waals surface area (Å²) in [6.45, 7) is 4.21. The zero-order valence-corrected chi connectivity index (χ0v) is 9.75. The zero-order chi connectivity index (χ0) is 12.0. The van der Waals surface area contributed by atoms with Crippen LogP contribution in [0.2, 0.25) is 0 Å². The third-order valence-corrected chi connectivity index (χ3v) is 2.33. The summed E-state index contributed by atoms with van der Waals surface area (Å²) >= 11 is 0. The van der Waals surface area contributed by atoms with Crippen molar-refractivity contribution in [3.05, 3.63) is 35.1 Å². The molecular formula is C13H17FO2. The van der Waals surface area contributed by atoms with E-state index in [9.17, 15) is 9.18 Å². The van der Waals surface area contributed by atoms with Crippen molar-refractivity contribution in [1.82, 2.24) is 0 Å². The largest absolute Gasteiger partial charge is 0.462 e. The highest BCUT2D eigenvalue weighted by Gasteiger charge is 2.12. The number of benzene rings is 1. The highest BCUT2D eigenvalue weighted by atomic mass is 19.1. The van der Waals surface area contributed by atoms with E-state index in [1.54, 1.807) is 13.0 Å². The Kier molecular flexibility index (Phi) is 4.96. The maximum absolute atomic E-state index is 13.4. The number of esters is 1. The third-order valence-electron chi connectivity index (χ3n) is 2.33. The van der Waals surface area contributed by atoms with Gasteiger partial charge in [-0.2, -0.15) is 0 Å². The number of hydrogen-bond acceptors (Lipinski definition) is 2. The van der Waals surface area contributed by atoms with Gasteiger partial charge in [0.15, 0.2) is 0 Å². The number of ether oxygens (including phenoxy) is 1. The van der Waals surface area contributed by atoms with Gasteiger partial charge in [0.25, 0.3) is 0 Å². The van der Waals surface area contributed by atoms with Crippen molar-refractivity contribution in [1.29, 1.82) is 0 Å². The summed E-state index contributed by atoms with van der Waals surface area (Å²) in [5.74, 6) is -1.09. The van der Waals surface area contributed by atoms with Crippen LogP contribution >= 0.6 is 0 Å². The number of carbonyl (C=O) groups is 1. The fourth-order valence-corrected chi connectivity index (χ4v) is 1.38. The van der Waals surface area contributed by atoms with Crippen LogP contribution in [0, 0.1) is 12.7 Å². The maximum Gasteiger partial charge on any atom is 0.341 e. The van der Waals surface area contributed by atoms with Gasteiger partial charge in [0.1, 0.15) is 5.82 Å². The summed E-state index contributed by atoms with van der Waals surface area (Å²) in [7, 11) is 0. The van der Waals surface area contributed by atoms with Gasteiger partial charge in [-0.3, -0.25) is 0 Å². The topological polar surface area (TPSA) is 26.3 Å². The summed E-state index contributed by atoms with van der Waals surface area (Å²) < 4.78 is 18.3. The average Bonchev–Trinajstić information content (AvgIpc) is 2.24. The first-order valence-electron chi connectivity index (χ1n) is 5.58. The van der Waals surface area contributed by atoms with Gasteiger partial charge in [-0.1, -0.05) is 25.8 Å². The molecule has 0 aliphatic carbocycles. The number of carbonyl (C=O) groups excluding carboxylic acids is 1. The summed E-state index contributed by atoms with van der Waals surface area (Å²) in [5, 5.41) is 0. The molecule has 0 N–H and O–H groups in total. The molecule has 0 atom stereocenters. The van der Waals surface area contributed by atoms with E-state index in [4.69, 9.17) is 4.74 Å². The van der Waals surface area contributed by atoms with Crippen LogP contribution < -0.4 is 0 Å². The second-order valence-corrected chi connectivity index (χ2v) is 3.83. The van der Waals surface area contributed by atoms with Gasteiger partial charge in [-0.15, -0.1) is 0 Å². The predicted molar refractivity (Wildman–Crippen MR) is 60.9 cm³/mol. The molecule has 0 aromatic heterocycles. The summed E-state index contributed by atoms with van der Waals surface area (Å²) in [4.78, 5) is 11.5. The SMILES string of the molecule is CCCCCOC(=O)c1ccc(C)cc1F. The highest BCUT2D eigenvalue weighted by molar-refractivity contribution is 5.89. The number of unbranched alkanes of at least 4 members (excludes halogenated alkanes) is 2. The fourth-order valence-electron chi connectivity index (χ4n) is 1.38. The van der Waals surface area contributed by atoms with Crippen molar-refractivity contribution in [2.75, 3.05) is 6.61 Å². The lowest BCUT2D eigenvalue weighted by Crippen LogP contribution is -2.08. The van der Waals surface area contributed by atoms with Crippen LogP contribution in [0.4, 0.5) is 4.39 Å². The van der Waals surface area contributed by atoms with Crippen LogP contribution in [0.3, 0.4) is 0 Å². The van der Waals surface area contributed by atoms with Crippen LogP contribution in [0.25, 0.3) is 0 Å². The second kappa shape index (κ2) is 6.26. The minimum absolute atomic E-state index is 0.0158. The van der Waals surface area contributed by atoms with E-state index in [-0.39, 0.29) is 5.56 Å². The molecule has 2 nitrogen and oxygen atoms in total. The molecule has 0 heterocycles. The van der Waals surface area contributed by atoms with Crippen molar-refractivity contribution < 1.29 is 13.9 Å². The molecule has 0 unspecified atom stereocenters. The van der Waals surface area contributed by atoms with Gasteiger partial charge in [0.05, 0.1) is 12.2 Å². The number of rotatable bonds is 5. The van der Waals surface area contributed by atoms with Crippen molar-refractivity contribution in [2.24, 2.45) is 0 Å². The molecule has 0 fully saturated rings. The Morgan fingerprint density at radius 2 is 2.12 bits per heavy atom. The van der Waals surface area contributed by atoms with Gasteiger partial charge in [0, 0.05) is 0 Å². The molecule has 1 rings (SSSR count). The first-order valence-corrected chi connectivity index (χ1v) is 5.58. The molecule has 0 spiro atoms. The molecule has 1 aromatic rings. The maximum atomic E-state index is 13.4. The Morgan fingerprint density at radius 3 is 2.75 bits per heavy atom. The van der Waals surface area contributed by atoms with E-state index in [0.29, 0.717) is 6.61 Å². The van der Waals surface area contributed by atoms with Crippen molar-refractivity contribution >= 4 is 5.97 Å². The van der Waals surface area contributed by atoms with Crippen LogP contribution in [-0.4, -0.2) is 12.6 Å². The highest BCUT2D eigenvalue weighted by Crippen LogP contribution is 2.11. The van der Waals surface area contributed by atoms with Crippen molar-refractivity contribution in [2.45, 2.75) is 33.1 Å². The molecule has 88 valence electrons. The van der Waals surface area contributed by atoms with E-state index in [1.807, 2.05) is 0 Å². The molecule has 0 aliphatic heterocycles. The first-order chi connectivity index (χ1) is 7.65. The number of hydrogen-bond donors (Lipinski definition) is 0. The van der Waals surface area contributed by atoms with Gasteiger partial charge in [-0.05, 0) is 31.0 Å². The van der Waals surface area contributed by atoms with Crippen LogP contribution in [0.15, 0.2) is 18.2 Å². The lowest BCUT2D eigenvalue weighted by Gasteiger charge is -2.05. The Balaban J connectivity index is 2.53. The molecule has 1 aromatic carbocycles. The number of aryl methyl sites for hydroxylation is 1. The van der Waals surface area contributed by atoms with Gasteiger partial charge >= 0.3 is 5.97 Å². The van der Waals surface area contributed by atoms with Gasteiger partial charge < -0.3 is 4.74 Å². The van der Waals surface area contributed by atoms with Crippen LogP contribution in [0.5, 0.6) is 0 Å². The average molecular weight is 224 g/mol. The molecule has 0 amide bonds.